The monoisotopic (exact) mass is 203 g/mol. The van der Waals surface area contributed by atoms with Gasteiger partial charge in [-0.2, -0.15) is 5.10 Å². The summed E-state index contributed by atoms with van der Waals surface area (Å²) in [5.74, 6) is -0.307. The highest BCUT2D eigenvalue weighted by atomic mass is 16.2. The summed E-state index contributed by atoms with van der Waals surface area (Å²) in [6.07, 6.45) is 1.43. The number of amides is 1. The minimum absolute atomic E-state index is 0.307. The average Bonchev–Trinajstić information content (AvgIpc) is 2.27. The van der Waals surface area contributed by atoms with E-state index in [2.05, 4.69) is 22.6 Å². The van der Waals surface area contributed by atoms with Crippen molar-refractivity contribution in [2.75, 3.05) is 7.05 Å². The number of rotatable bonds is 4. The summed E-state index contributed by atoms with van der Waals surface area (Å²) >= 11 is 0. The zero-order valence-corrected chi connectivity index (χ0v) is 8.53. The molecule has 1 aromatic carbocycles. The predicted molar refractivity (Wildman–Crippen MR) is 61.2 cm³/mol. The Morgan fingerprint density at radius 2 is 2.07 bits per heavy atom. The maximum absolute atomic E-state index is 11.2. The van der Waals surface area contributed by atoms with Crippen LogP contribution in [0.4, 0.5) is 0 Å². The number of carbonyl (C=O) groups excluding carboxylic acids is 1. The lowest BCUT2D eigenvalue weighted by Crippen LogP contribution is -2.16. The molecule has 0 aliphatic carbocycles. The number of nitrogens with one attached hydrogen (secondary N) is 2. The van der Waals surface area contributed by atoms with Crippen molar-refractivity contribution in [3.63, 3.8) is 0 Å². The van der Waals surface area contributed by atoms with Gasteiger partial charge in [-0.15, -0.1) is 0 Å². The van der Waals surface area contributed by atoms with Crippen molar-refractivity contribution in [2.45, 2.75) is 0 Å². The fraction of sp³-hybridized carbons (Fsp3) is 0.0909. The first-order chi connectivity index (χ1) is 7.27. The van der Waals surface area contributed by atoms with Gasteiger partial charge in [-0.05, 0) is 5.56 Å². The molecular weight excluding hydrogens is 190 g/mol. The van der Waals surface area contributed by atoms with E-state index in [9.17, 15) is 4.79 Å². The van der Waals surface area contributed by atoms with E-state index in [-0.39, 0.29) is 5.91 Å². The van der Waals surface area contributed by atoms with Gasteiger partial charge in [0, 0.05) is 25.5 Å². The van der Waals surface area contributed by atoms with Gasteiger partial charge in [0.2, 0.25) is 0 Å². The summed E-state index contributed by atoms with van der Waals surface area (Å²) in [7, 11) is 1.76. The Kier molecular flexibility index (Phi) is 4.09. The van der Waals surface area contributed by atoms with Crippen LogP contribution in [0.1, 0.15) is 5.56 Å². The van der Waals surface area contributed by atoms with Gasteiger partial charge in [-0.25, -0.2) is 5.43 Å². The first kappa shape index (κ1) is 11.0. The third-order valence-corrected chi connectivity index (χ3v) is 1.82. The van der Waals surface area contributed by atoms with Gasteiger partial charge in [-0.1, -0.05) is 30.3 Å². The largest absolute Gasteiger partial charge is 0.387 e. The van der Waals surface area contributed by atoms with Crippen LogP contribution in [0.15, 0.2) is 41.5 Å². The molecular formula is C11H13N3O. The van der Waals surface area contributed by atoms with E-state index >= 15 is 0 Å². The number of hydrazone groups is 1. The minimum Gasteiger partial charge on any atom is -0.387 e. The summed E-state index contributed by atoms with van der Waals surface area (Å²) in [5, 5.41) is 6.24. The Labute approximate surface area is 88.7 Å². The molecule has 0 saturated carbocycles. The molecule has 4 heteroatoms. The van der Waals surface area contributed by atoms with E-state index in [1.165, 1.54) is 6.08 Å². The Morgan fingerprint density at radius 3 is 2.60 bits per heavy atom. The summed E-state index contributed by atoms with van der Waals surface area (Å²) in [6.45, 7) is 3.17. The van der Waals surface area contributed by atoms with Crippen molar-refractivity contribution in [1.29, 1.82) is 0 Å². The molecule has 0 radical (unpaired) electrons. The third-order valence-electron chi connectivity index (χ3n) is 1.82. The summed E-state index contributed by atoms with van der Waals surface area (Å²) in [6, 6.07) is 9.56. The molecule has 1 amide bonds. The lowest BCUT2D eigenvalue weighted by Gasteiger charge is -2.05. The standard InChI is InChI=1S/C11H13N3O/c1-12-10(8-11(15)14-13-2)9-6-4-3-5-7-9/h3-8,12H,2H2,1H3,(H,14,15)/b10-8-. The number of benzene rings is 1. The van der Waals surface area contributed by atoms with Crippen molar-refractivity contribution in [1.82, 2.24) is 10.7 Å². The summed E-state index contributed by atoms with van der Waals surface area (Å²) in [4.78, 5) is 11.2. The van der Waals surface area contributed by atoms with E-state index in [0.29, 0.717) is 0 Å². The number of carbonyl (C=O) groups is 1. The molecule has 2 N–H and O–H groups in total. The second-order valence-electron chi connectivity index (χ2n) is 2.81. The van der Waals surface area contributed by atoms with Crippen molar-refractivity contribution >= 4 is 18.3 Å². The second-order valence-corrected chi connectivity index (χ2v) is 2.81. The van der Waals surface area contributed by atoms with Gasteiger partial charge in [0.25, 0.3) is 5.91 Å². The Balaban J connectivity index is 2.89. The number of nitrogens with zero attached hydrogens (tertiary/aromatic N) is 1. The van der Waals surface area contributed by atoms with Crippen LogP contribution in [-0.2, 0) is 4.79 Å². The molecule has 0 atom stereocenters. The molecule has 0 bridgehead atoms. The van der Waals surface area contributed by atoms with E-state index in [0.717, 1.165) is 11.3 Å². The molecule has 0 aromatic heterocycles. The van der Waals surface area contributed by atoms with Gasteiger partial charge in [0.1, 0.15) is 0 Å². The molecule has 0 aliphatic rings. The molecule has 4 nitrogen and oxygen atoms in total. The third kappa shape index (κ3) is 3.27. The van der Waals surface area contributed by atoms with Crippen molar-refractivity contribution < 1.29 is 4.79 Å². The van der Waals surface area contributed by atoms with E-state index in [4.69, 9.17) is 0 Å². The van der Waals surface area contributed by atoms with Gasteiger partial charge < -0.3 is 5.32 Å². The first-order valence-corrected chi connectivity index (χ1v) is 4.48. The van der Waals surface area contributed by atoms with Gasteiger partial charge in [0.05, 0.1) is 0 Å². The fourth-order valence-corrected chi connectivity index (χ4v) is 1.16. The Bertz CT molecular complexity index is 371. The van der Waals surface area contributed by atoms with Crippen LogP contribution in [-0.4, -0.2) is 19.7 Å². The highest BCUT2D eigenvalue weighted by Crippen LogP contribution is 2.09. The molecule has 0 fully saturated rings. The van der Waals surface area contributed by atoms with Crippen LogP contribution in [0.3, 0.4) is 0 Å². The highest BCUT2D eigenvalue weighted by molar-refractivity contribution is 5.94. The smallest absolute Gasteiger partial charge is 0.266 e. The van der Waals surface area contributed by atoms with Gasteiger partial charge >= 0.3 is 0 Å². The summed E-state index contributed by atoms with van der Waals surface area (Å²) < 4.78 is 0. The quantitative estimate of drug-likeness (QED) is 0.435. The first-order valence-electron chi connectivity index (χ1n) is 4.48. The molecule has 1 rings (SSSR count). The van der Waals surface area contributed by atoms with Gasteiger partial charge in [-0.3, -0.25) is 4.79 Å². The van der Waals surface area contributed by atoms with Crippen LogP contribution in [0.25, 0.3) is 5.70 Å². The lowest BCUT2D eigenvalue weighted by molar-refractivity contribution is -0.116. The Morgan fingerprint density at radius 1 is 1.40 bits per heavy atom. The molecule has 1 aromatic rings. The second kappa shape index (κ2) is 5.59. The maximum Gasteiger partial charge on any atom is 0.266 e. The SMILES string of the molecule is C=NNC(=O)/C=C(\NC)c1ccccc1. The molecule has 15 heavy (non-hydrogen) atoms. The van der Waals surface area contributed by atoms with E-state index < -0.39 is 0 Å². The molecule has 0 unspecified atom stereocenters. The predicted octanol–water partition coefficient (Wildman–Crippen LogP) is 0.979. The van der Waals surface area contributed by atoms with Crippen molar-refractivity contribution in [3.05, 3.63) is 42.0 Å². The normalized spacial score (nSPS) is 10.6. The van der Waals surface area contributed by atoms with Crippen molar-refractivity contribution in [3.8, 4) is 0 Å². The van der Waals surface area contributed by atoms with Crippen LogP contribution in [0.5, 0.6) is 0 Å². The number of hydrogen-bond donors (Lipinski definition) is 2. The Hall–Kier alpha value is -2.10. The minimum atomic E-state index is -0.307. The van der Waals surface area contributed by atoms with Crippen molar-refractivity contribution in [2.24, 2.45) is 5.10 Å². The fourth-order valence-electron chi connectivity index (χ4n) is 1.16. The van der Waals surface area contributed by atoms with Crippen LogP contribution in [0.2, 0.25) is 0 Å². The molecule has 0 spiro atoms. The lowest BCUT2D eigenvalue weighted by atomic mass is 10.1. The molecule has 0 heterocycles. The van der Waals surface area contributed by atoms with E-state index in [1.807, 2.05) is 30.3 Å². The van der Waals surface area contributed by atoms with Crippen LogP contribution in [0, 0.1) is 0 Å². The summed E-state index contributed by atoms with van der Waals surface area (Å²) in [5.41, 5.74) is 3.92. The number of hydrogen-bond acceptors (Lipinski definition) is 3. The average molecular weight is 203 g/mol. The zero-order chi connectivity index (χ0) is 11.1. The zero-order valence-electron chi connectivity index (χ0n) is 8.53. The maximum atomic E-state index is 11.2. The molecule has 78 valence electrons. The van der Waals surface area contributed by atoms with Crippen LogP contribution < -0.4 is 10.7 Å². The van der Waals surface area contributed by atoms with Gasteiger partial charge in [0.15, 0.2) is 0 Å². The topological polar surface area (TPSA) is 53.5 Å². The van der Waals surface area contributed by atoms with Crippen LogP contribution >= 0.6 is 0 Å². The molecule has 0 saturated heterocycles. The molecule has 0 aliphatic heterocycles. The van der Waals surface area contributed by atoms with E-state index in [1.54, 1.807) is 7.05 Å². The highest BCUT2D eigenvalue weighted by Gasteiger charge is 2.01.